The molecule has 3 fully saturated rings. The molecule has 0 radical (unpaired) electrons. The molecule has 7 rings (SSSR count). The van der Waals surface area contributed by atoms with Crippen LogP contribution in [0.3, 0.4) is 0 Å². The number of carbonyl (C=O) groups is 2. The minimum absolute atomic E-state index is 0.00466. The van der Waals surface area contributed by atoms with Gasteiger partial charge in [0.1, 0.15) is 4.88 Å². The van der Waals surface area contributed by atoms with Gasteiger partial charge >= 0.3 is 6.18 Å². The number of nitrogens with zero attached hydrogens (tertiary/aromatic N) is 4. The molecule has 2 unspecified atom stereocenters. The number of nitrogens with one attached hydrogen (secondary N) is 3. The molecular weight excluding hydrogens is 700 g/mol. The highest BCUT2D eigenvalue weighted by atomic mass is 35.5. The average Bonchev–Trinajstić information content (AvgIpc) is 3.33. The van der Waals surface area contributed by atoms with E-state index < -0.39 is 12.1 Å². The number of nitrogens with two attached hydrogens (primary N) is 1. The third kappa shape index (κ3) is 6.74. The van der Waals surface area contributed by atoms with Gasteiger partial charge in [-0.05, 0) is 74.6 Å². The highest BCUT2D eigenvalue weighted by Gasteiger charge is 2.46. The van der Waals surface area contributed by atoms with Gasteiger partial charge in [-0.1, -0.05) is 40.6 Å². The van der Waals surface area contributed by atoms with Gasteiger partial charge in [-0.3, -0.25) is 9.59 Å². The van der Waals surface area contributed by atoms with Crippen molar-refractivity contribution in [2.75, 3.05) is 29.0 Å². The van der Waals surface area contributed by atoms with E-state index in [0.29, 0.717) is 65.9 Å². The minimum Gasteiger partial charge on any atom is -0.375 e. The summed E-state index contributed by atoms with van der Waals surface area (Å²) in [6, 6.07) is 6.79. The molecule has 10 nitrogen and oxygen atoms in total. The van der Waals surface area contributed by atoms with Crippen LogP contribution in [0.15, 0.2) is 24.3 Å². The Morgan fingerprint density at radius 3 is 2.43 bits per heavy atom. The molecule has 2 saturated carbocycles. The summed E-state index contributed by atoms with van der Waals surface area (Å²) in [7, 11) is 1.84. The molecule has 2 aromatic carbocycles. The highest BCUT2D eigenvalue weighted by Crippen LogP contribution is 2.47. The fourth-order valence-corrected chi connectivity index (χ4v) is 8.33. The van der Waals surface area contributed by atoms with E-state index in [1.165, 1.54) is 6.42 Å². The van der Waals surface area contributed by atoms with Crippen LogP contribution in [0.25, 0.3) is 11.0 Å². The highest BCUT2D eigenvalue weighted by molar-refractivity contribution is 7.17. The van der Waals surface area contributed by atoms with Gasteiger partial charge in [-0.15, -0.1) is 0 Å². The van der Waals surface area contributed by atoms with Crippen molar-refractivity contribution >= 4 is 79.8 Å². The van der Waals surface area contributed by atoms with Crippen molar-refractivity contribution < 1.29 is 22.8 Å². The quantitative estimate of drug-likeness (QED) is 0.151. The van der Waals surface area contributed by atoms with Crippen molar-refractivity contribution in [3.05, 3.63) is 56.0 Å². The number of hydrogen-bond donors (Lipinski definition) is 4. The number of benzene rings is 2. The van der Waals surface area contributed by atoms with Crippen molar-refractivity contribution in [3.8, 4) is 0 Å². The van der Waals surface area contributed by atoms with E-state index in [-0.39, 0.29) is 50.1 Å². The monoisotopic (exact) mass is 734 g/mol. The van der Waals surface area contributed by atoms with E-state index in [0.717, 1.165) is 35.6 Å². The van der Waals surface area contributed by atoms with Gasteiger partial charge in [0, 0.05) is 32.7 Å². The van der Waals surface area contributed by atoms with Gasteiger partial charge in [0.2, 0.25) is 5.95 Å². The van der Waals surface area contributed by atoms with Crippen LogP contribution in [-0.2, 0) is 13.6 Å². The molecule has 0 spiro atoms. The third-order valence-corrected chi connectivity index (χ3v) is 11.7. The van der Waals surface area contributed by atoms with Gasteiger partial charge in [-0.2, -0.15) is 13.2 Å². The van der Waals surface area contributed by atoms with Crippen LogP contribution < -0.4 is 26.6 Å². The number of piperidine rings is 1. The first-order valence-corrected chi connectivity index (χ1v) is 17.7. The van der Waals surface area contributed by atoms with Crippen LogP contribution in [0.1, 0.15) is 63.4 Å². The third-order valence-electron chi connectivity index (χ3n) is 9.95. The first kappa shape index (κ1) is 33.7. The van der Waals surface area contributed by atoms with Gasteiger partial charge in [0.05, 0.1) is 49.6 Å². The van der Waals surface area contributed by atoms with E-state index >= 15 is 0 Å². The van der Waals surface area contributed by atoms with Crippen molar-refractivity contribution in [2.24, 2.45) is 24.8 Å². The number of fused-ring (bicyclic) bond motifs is 2. The Morgan fingerprint density at radius 1 is 1.06 bits per heavy atom. The molecule has 3 heterocycles. The number of nitrogen functional groups attached to an aromatic ring is 1. The Hall–Kier alpha value is -3.75. The first-order valence-electron chi connectivity index (χ1n) is 16.1. The molecule has 4 aromatic rings. The Kier molecular flexibility index (Phi) is 8.85. The zero-order valence-electron chi connectivity index (χ0n) is 26.8. The van der Waals surface area contributed by atoms with E-state index in [2.05, 4.69) is 25.8 Å². The zero-order valence-corrected chi connectivity index (χ0v) is 29.1. The number of anilines is 4. The number of aromatic nitrogens is 3. The number of amides is 2. The number of aryl methyl sites for hydroxylation is 2. The Labute approximate surface area is 294 Å². The van der Waals surface area contributed by atoms with Crippen LogP contribution in [0.4, 0.5) is 35.6 Å². The van der Waals surface area contributed by atoms with Gasteiger partial charge in [-0.25, -0.2) is 9.97 Å². The lowest BCUT2D eigenvalue weighted by Gasteiger charge is -2.31. The predicted octanol–water partition coefficient (Wildman–Crippen LogP) is 7.21. The van der Waals surface area contributed by atoms with Gasteiger partial charge in [0.15, 0.2) is 5.13 Å². The summed E-state index contributed by atoms with van der Waals surface area (Å²) in [4.78, 5) is 38.0. The number of thiazole rings is 1. The number of imidazole rings is 1. The van der Waals surface area contributed by atoms with Crippen LogP contribution >= 0.6 is 34.5 Å². The summed E-state index contributed by atoms with van der Waals surface area (Å²) in [5.41, 5.74) is 9.87. The molecule has 1 aliphatic heterocycles. The van der Waals surface area contributed by atoms with Crippen molar-refractivity contribution in [1.29, 1.82) is 0 Å². The maximum atomic E-state index is 13.8. The second kappa shape index (κ2) is 12.9. The van der Waals surface area contributed by atoms with Gasteiger partial charge in [0.25, 0.3) is 11.8 Å². The smallest absolute Gasteiger partial charge is 0.375 e. The fourth-order valence-electron chi connectivity index (χ4n) is 7.05. The summed E-state index contributed by atoms with van der Waals surface area (Å²) in [6.07, 6.45) is -2.45. The van der Waals surface area contributed by atoms with Crippen molar-refractivity contribution in [2.45, 2.75) is 57.8 Å². The molecular formula is C33H35Cl2F3N8O2S. The normalized spacial score (nSPS) is 21.9. The molecule has 49 heavy (non-hydrogen) atoms. The summed E-state index contributed by atoms with van der Waals surface area (Å²) in [6.45, 7) is 3.54. The summed E-state index contributed by atoms with van der Waals surface area (Å²) >= 11 is 14.5. The molecule has 2 atom stereocenters. The number of alkyl halides is 3. The molecule has 2 aliphatic carbocycles. The number of hydrogen-bond acceptors (Lipinski definition) is 8. The first-order chi connectivity index (χ1) is 23.3. The lowest BCUT2D eigenvalue weighted by Crippen LogP contribution is -2.40. The topological polar surface area (TPSA) is 130 Å². The molecule has 1 saturated heterocycles. The van der Waals surface area contributed by atoms with Crippen molar-refractivity contribution in [3.63, 3.8) is 0 Å². The maximum Gasteiger partial charge on any atom is 0.391 e. The number of carbonyl (C=O) groups excluding carboxylic acids is 2. The number of halogens is 5. The second-order valence-corrected chi connectivity index (χ2v) is 15.1. The Bertz CT molecular complexity index is 1950. The maximum absolute atomic E-state index is 13.8. The van der Waals surface area contributed by atoms with Crippen LogP contribution in [0.5, 0.6) is 0 Å². The zero-order chi connectivity index (χ0) is 34.8. The molecule has 0 bridgehead atoms. The summed E-state index contributed by atoms with van der Waals surface area (Å²) < 4.78 is 41.6. The van der Waals surface area contributed by atoms with E-state index in [1.54, 1.807) is 25.1 Å². The largest absolute Gasteiger partial charge is 0.391 e. The lowest BCUT2D eigenvalue weighted by molar-refractivity contribution is -0.182. The van der Waals surface area contributed by atoms with E-state index in [4.69, 9.17) is 33.9 Å². The molecule has 2 aromatic heterocycles. The summed E-state index contributed by atoms with van der Waals surface area (Å²) in [5.74, 6) is -0.309. The predicted molar refractivity (Wildman–Crippen MR) is 186 cm³/mol. The van der Waals surface area contributed by atoms with Gasteiger partial charge < -0.3 is 31.2 Å². The van der Waals surface area contributed by atoms with E-state index in [1.807, 2.05) is 17.7 Å². The molecule has 16 heteroatoms. The van der Waals surface area contributed by atoms with Crippen LogP contribution in [0, 0.1) is 24.7 Å². The SMILES string of the molecule is Cc1nc(N)sc1C(=O)NCc1ccc(Cl)c(Nc2nc3cc(C(=O)NC4CCC(C(F)(F)F)CC4)c(N4CC5CC5C4)cc3n2C)c1Cl. The molecule has 3 aliphatic rings. The minimum atomic E-state index is -4.21. The fraction of sp³-hybridized carbons (Fsp3) is 0.455. The second-order valence-electron chi connectivity index (χ2n) is 13.2. The van der Waals surface area contributed by atoms with Crippen molar-refractivity contribution in [1.82, 2.24) is 25.2 Å². The summed E-state index contributed by atoms with van der Waals surface area (Å²) in [5, 5.41) is 10.1. The Morgan fingerprint density at radius 2 is 1.78 bits per heavy atom. The molecule has 5 N–H and O–H groups in total. The average molecular weight is 736 g/mol. The van der Waals surface area contributed by atoms with Crippen LogP contribution in [-0.4, -0.2) is 51.7 Å². The molecule has 260 valence electrons. The standard InChI is InChI=1S/C33H35Cl2F3N8O2S/c1-15-28(49-31(39)41-15)30(48)40-12-16-3-8-22(34)27(26(16)35)44-32-43-23-10-21(29(47)42-20-6-4-19(5-7-20)33(36,37)38)24(11-25(23)45(32)2)46-13-17-9-18(17)14-46/h3,8,10-11,17-20H,4-7,9,12-14H2,1-2H3,(H2,39,41)(H,40,48)(H,42,47)(H,43,44). The van der Waals surface area contributed by atoms with E-state index in [9.17, 15) is 22.8 Å². The Balaban J connectivity index is 1.14. The van der Waals surface area contributed by atoms with Crippen LogP contribution in [0.2, 0.25) is 10.0 Å². The number of rotatable bonds is 8. The lowest BCUT2D eigenvalue weighted by atomic mass is 9.85. The molecule has 2 amide bonds.